The summed E-state index contributed by atoms with van der Waals surface area (Å²) in [4.78, 5) is 18.9. The zero-order valence-corrected chi connectivity index (χ0v) is 12.4. The van der Waals surface area contributed by atoms with E-state index in [1.54, 1.807) is 17.0 Å². The van der Waals surface area contributed by atoms with Crippen LogP contribution in [0.25, 0.3) is 0 Å². The lowest BCUT2D eigenvalue weighted by atomic mass is 10.1. The summed E-state index contributed by atoms with van der Waals surface area (Å²) in [6.07, 6.45) is 3.46. The molecule has 2 N–H and O–H groups in total. The molecule has 1 aliphatic rings. The summed E-state index contributed by atoms with van der Waals surface area (Å²) in [6.45, 7) is 6.31. The summed E-state index contributed by atoms with van der Waals surface area (Å²) in [5, 5.41) is 0. The molecule has 0 bridgehead atoms. The lowest BCUT2D eigenvalue weighted by Gasteiger charge is -2.17. The van der Waals surface area contributed by atoms with Gasteiger partial charge in [0.15, 0.2) is 5.82 Å². The second-order valence-electron chi connectivity index (χ2n) is 5.99. The molecule has 0 saturated carbocycles. The first-order valence-corrected chi connectivity index (χ1v) is 7.22. The number of rotatable bonds is 3. The van der Waals surface area contributed by atoms with Crippen LogP contribution in [-0.2, 0) is 19.6 Å². The number of hydrogen-bond acceptors (Lipinski definition) is 4. The van der Waals surface area contributed by atoms with E-state index < -0.39 is 0 Å². The zero-order valence-electron chi connectivity index (χ0n) is 12.4. The quantitative estimate of drug-likeness (QED) is 0.876. The van der Waals surface area contributed by atoms with Crippen molar-refractivity contribution < 1.29 is 0 Å². The number of fused-ring (bicyclic) bond motifs is 1. The van der Waals surface area contributed by atoms with Gasteiger partial charge in [-0.1, -0.05) is 19.9 Å². The molecule has 0 atom stereocenters. The van der Waals surface area contributed by atoms with E-state index in [0.29, 0.717) is 31.4 Å². The Balaban J connectivity index is 1.91. The van der Waals surface area contributed by atoms with Gasteiger partial charge in [0.05, 0.1) is 0 Å². The highest BCUT2D eigenvalue weighted by molar-refractivity contribution is 5.52. The van der Waals surface area contributed by atoms with Crippen molar-refractivity contribution in [1.29, 1.82) is 0 Å². The third kappa shape index (κ3) is 2.63. The van der Waals surface area contributed by atoms with E-state index in [0.717, 1.165) is 5.69 Å². The molecule has 0 fully saturated rings. The topological polar surface area (TPSA) is 64.2 Å². The van der Waals surface area contributed by atoms with Gasteiger partial charge in [-0.05, 0) is 29.2 Å². The van der Waals surface area contributed by atoms with Crippen LogP contribution in [0.1, 0.15) is 25.0 Å². The molecular formula is C16H20N4O. The van der Waals surface area contributed by atoms with Crippen LogP contribution in [-0.4, -0.2) is 9.55 Å². The first-order valence-electron chi connectivity index (χ1n) is 7.22. The highest BCUT2D eigenvalue weighted by atomic mass is 16.1. The molecular weight excluding hydrogens is 264 g/mol. The molecule has 0 spiro atoms. The Morgan fingerprint density at radius 3 is 2.81 bits per heavy atom. The third-order valence-corrected chi connectivity index (χ3v) is 3.71. The average molecular weight is 284 g/mol. The summed E-state index contributed by atoms with van der Waals surface area (Å²) in [6, 6.07) is 5.91. The molecule has 2 aromatic rings. The van der Waals surface area contributed by atoms with Gasteiger partial charge in [0.2, 0.25) is 0 Å². The van der Waals surface area contributed by atoms with Gasteiger partial charge in [-0.2, -0.15) is 0 Å². The minimum absolute atomic E-state index is 0.0213. The monoisotopic (exact) mass is 284 g/mol. The highest BCUT2D eigenvalue weighted by Crippen LogP contribution is 2.26. The normalized spacial score (nSPS) is 13.8. The molecule has 0 saturated heterocycles. The molecule has 5 heteroatoms. The first kappa shape index (κ1) is 13.7. The summed E-state index contributed by atoms with van der Waals surface area (Å²) in [5.41, 5.74) is 8.95. The molecule has 110 valence electrons. The maximum atomic E-state index is 12.5. The average Bonchev–Trinajstić information content (AvgIpc) is 2.83. The van der Waals surface area contributed by atoms with Gasteiger partial charge < -0.3 is 15.2 Å². The lowest BCUT2D eigenvalue weighted by molar-refractivity contribution is 0.508. The van der Waals surface area contributed by atoms with Crippen molar-refractivity contribution in [3.63, 3.8) is 0 Å². The van der Waals surface area contributed by atoms with E-state index in [1.807, 2.05) is 23.1 Å². The van der Waals surface area contributed by atoms with Gasteiger partial charge >= 0.3 is 0 Å². The molecule has 1 aliphatic heterocycles. The number of nitrogen functional groups attached to an aromatic ring is 1. The Morgan fingerprint density at radius 1 is 1.29 bits per heavy atom. The molecule has 0 radical (unpaired) electrons. The first-order chi connectivity index (χ1) is 10.0. The van der Waals surface area contributed by atoms with Crippen LogP contribution in [0.5, 0.6) is 0 Å². The number of benzene rings is 1. The minimum Gasteiger partial charge on any atom is -0.399 e. The van der Waals surface area contributed by atoms with Gasteiger partial charge in [0.1, 0.15) is 0 Å². The van der Waals surface area contributed by atoms with Crippen LogP contribution >= 0.6 is 0 Å². The Morgan fingerprint density at radius 2 is 2.05 bits per heavy atom. The van der Waals surface area contributed by atoms with Crippen molar-refractivity contribution in [3.05, 3.63) is 52.1 Å². The van der Waals surface area contributed by atoms with E-state index in [9.17, 15) is 4.79 Å². The van der Waals surface area contributed by atoms with Gasteiger partial charge in [0, 0.05) is 37.7 Å². The molecule has 2 heterocycles. The smallest absolute Gasteiger partial charge is 0.293 e. The van der Waals surface area contributed by atoms with Crippen LogP contribution in [0.2, 0.25) is 0 Å². The predicted molar refractivity (Wildman–Crippen MR) is 84.1 cm³/mol. The molecule has 0 amide bonds. The molecule has 1 aromatic carbocycles. The predicted octanol–water partition coefficient (Wildman–Crippen LogP) is 2.00. The molecule has 0 aliphatic carbocycles. The van der Waals surface area contributed by atoms with Crippen molar-refractivity contribution in [3.8, 4) is 0 Å². The second kappa shape index (κ2) is 5.24. The third-order valence-electron chi connectivity index (χ3n) is 3.71. The molecule has 5 nitrogen and oxygen atoms in total. The second-order valence-corrected chi connectivity index (χ2v) is 5.99. The Hall–Kier alpha value is -2.30. The van der Waals surface area contributed by atoms with Crippen LogP contribution in [0, 0.1) is 5.92 Å². The maximum Gasteiger partial charge on any atom is 0.293 e. The fraction of sp³-hybridized carbons (Fsp3) is 0.375. The largest absolute Gasteiger partial charge is 0.399 e. The maximum absolute atomic E-state index is 12.5. The van der Waals surface area contributed by atoms with E-state index in [-0.39, 0.29) is 5.56 Å². The fourth-order valence-corrected chi connectivity index (χ4v) is 2.75. The van der Waals surface area contributed by atoms with E-state index in [1.165, 1.54) is 11.1 Å². The Kier molecular flexibility index (Phi) is 3.41. The van der Waals surface area contributed by atoms with Crippen molar-refractivity contribution in [2.45, 2.75) is 33.5 Å². The standard InChI is InChI=1S/C16H20N4O/c1-11(2)8-19-6-5-18-15(16(19)21)20-9-12-3-4-14(17)7-13(12)10-20/h3-7,11H,8-10,17H2,1-2H3. The molecule has 0 unspecified atom stereocenters. The van der Waals surface area contributed by atoms with Gasteiger partial charge in [-0.25, -0.2) is 4.98 Å². The van der Waals surface area contributed by atoms with Crippen molar-refractivity contribution in [2.24, 2.45) is 5.92 Å². The van der Waals surface area contributed by atoms with Gasteiger partial charge in [0.25, 0.3) is 5.56 Å². The summed E-state index contributed by atoms with van der Waals surface area (Å²) >= 11 is 0. The number of anilines is 2. The summed E-state index contributed by atoms with van der Waals surface area (Å²) in [7, 11) is 0. The van der Waals surface area contributed by atoms with E-state index in [2.05, 4.69) is 18.8 Å². The molecule has 3 rings (SSSR count). The lowest BCUT2D eigenvalue weighted by Crippen LogP contribution is -2.30. The number of hydrogen-bond donors (Lipinski definition) is 1. The van der Waals surface area contributed by atoms with Gasteiger partial charge in [-0.3, -0.25) is 4.79 Å². The van der Waals surface area contributed by atoms with E-state index in [4.69, 9.17) is 5.73 Å². The molecule has 1 aromatic heterocycles. The minimum atomic E-state index is -0.0213. The Bertz CT molecular complexity index is 720. The van der Waals surface area contributed by atoms with E-state index >= 15 is 0 Å². The Labute approximate surface area is 124 Å². The van der Waals surface area contributed by atoms with Crippen molar-refractivity contribution in [1.82, 2.24) is 9.55 Å². The van der Waals surface area contributed by atoms with Crippen LogP contribution in [0.4, 0.5) is 11.5 Å². The number of nitrogens with zero attached hydrogens (tertiary/aromatic N) is 3. The van der Waals surface area contributed by atoms with Gasteiger partial charge in [-0.15, -0.1) is 0 Å². The number of nitrogens with two attached hydrogens (primary N) is 1. The summed E-state index contributed by atoms with van der Waals surface area (Å²) in [5.74, 6) is 0.946. The van der Waals surface area contributed by atoms with Crippen LogP contribution in [0.3, 0.4) is 0 Å². The SMILES string of the molecule is CC(C)Cn1ccnc(N2Cc3ccc(N)cc3C2)c1=O. The highest BCUT2D eigenvalue weighted by Gasteiger charge is 2.22. The van der Waals surface area contributed by atoms with Crippen molar-refractivity contribution in [2.75, 3.05) is 10.6 Å². The summed E-state index contributed by atoms with van der Waals surface area (Å²) < 4.78 is 1.74. The zero-order chi connectivity index (χ0) is 15.0. The van der Waals surface area contributed by atoms with Crippen LogP contribution in [0.15, 0.2) is 35.4 Å². The fourth-order valence-electron chi connectivity index (χ4n) is 2.75. The number of aromatic nitrogens is 2. The van der Waals surface area contributed by atoms with Crippen LogP contribution < -0.4 is 16.2 Å². The van der Waals surface area contributed by atoms with Crippen molar-refractivity contribution >= 4 is 11.5 Å². The molecule has 21 heavy (non-hydrogen) atoms.